The van der Waals surface area contributed by atoms with Crippen LogP contribution in [0.15, 0.2) is 4.99 Å². The third kappa shape index (κ3) is 2.23. The highest BCUT2D eigenvalue weighted by molar-refractivity contribution is 6.16. The summed E-state index contributed by atoms with van der Waals surface area (Å²) in [6, 6.07) is 0. The second-order valence-corrected chi connectivity index (χ2v) is 4.34. The van der Waals surface area contributed by atoms with Crippen LogP contribution in [-0.4, -0.2) is 24.8 Å². The number of rotatable bonds is 1. The summed E-state index contributed by atoms with van der Waals surface area (Å²) in [5.74, 6) is -0.559. The third-order valence-electron chi connectivity index (χ3n) is 2.30. The van der Waals surface area contributed by atoms with E-state index in [4.69, 9.17) is 0 Å². The minimum atomic E-state index is -0.571. The number of hydrogen-bond donors (Lipinski definition) is 0. The van der Waals surface area contributed by atoms with Gasteiger partial charge >= 0.3 is 0 Å². The molecule has 0 aromatic heterocycles. The van der Waals surface area contributed by atoms with Gasteiger partial charge in [0.2, 0.25) is 0 Å². The van der Waals surface area contributed by atoms with Crippen LogP contribution < -0.4 is 0 Å². The molecule has 1 saturated carbocycles. The van der Waals surface area contributed by atoms with Crippen molar-refractivity contribution in [2.24, 2.45) is 16.3 Å². The third-order valence-corrected chi connectivity index (χ3v) is 2.30. The van der Waals surface area contributed by atoms with Crippen LogP contribution in [0, 0.1) is 11.3 Å². The highest BCUT2D eigenvalue weighted by atomic mass is 16.2. The molecule has 0 radical (unpaired) electrons. The summed E-state index contributed by atoms with van der Waals surface area (Å²) >= 11 is 0. The molecular weight excluding hydrogens is 166 g/mol. The molecule has 0 heterocycles. The van der Waals surface area contributed by atoms with Gasteiger partial charge in [-0.15, -0.1) is 0 Å². The van der Waals surface area contributed by atoms with Crippen LogP contribution in [0.25, 0.3) is 0 Å². The first kappa shape index (κ1) is 10.1. The quantitative estimate of drug-likeness (QED) is 0.451. The molecule has 1 aliphatic rings. The van der Waals surface area contributed by atoms with E-state index in [1.54, 1.807) is 7.05 Å². The lowest BCUT2D eigenvalue weighted by molar-refractivity contribution is -0.136. The normalized spacial score (nSPS) is 24.2. The van der Waals surface area contributed by atoms with Gasteiger partial charge in [-0.3, -0.25) is 14.6 Å². The summed E-state index contributed by atoms with van der Waals surface area (Å²) in [5, 5.41) is 0. The Morgan fingerprint density at radius 2 is 1.77 bits per heavy atom. The Kier molecular flexibility index (Phi) is 2.64. The van der Waals surface area contributed by atoms with Crippen molar-refractivity contribution >= 4 is 17.8 Å². The topological polar surface area (TPSA) is 46.5 Å². The first-order chi connectivity index (χ1) is 5.96. The van der Waals surface area contributed by atoms with E-state index in [1.165, 1.54) is 6.21 Å². The van der Waals surface area contributed by atoms with Gasteiger partial charge in [0, 0.05) is 26.1 Å². The second kappa shape index (κ2) is 3.40. The number of aliphatic imine (C=N–C) groups is 1. The van der Waals surface area contributed by atoms with Gasteiger partial charge in [-0.05, 0) is 5.41 Å². The van der Waals surface area contributed by atoms with E-state index < -0.39 is 5.92 Å². The van der Waals surface area contributed by atoms with Gasteiger partial charge in [-0.25, -0.2) is 0 Å². The zero-order valence-corrected chi connectivity index (χ0v) is 8.33. The fourth-order valence-corrected chi connectivity index (χ4v) is 1.72. The number of ketones is 2. The molecule has 72 valence electrons. The van der Waals surface area contributed by atoms with Crippen LogP contribution in [0.3, 0.4) is 0 Å². The molecule has 1 rings (SSSR count). The maximum absolute atomic E-state index is 11.5. The SMILES string of the molecule is CN=CC1C(=O)CC(C)(C)CC1=O. The van der Waals surface area contributed by atoms with Crippen LogP contribution >= 0.6 is 0 Å². The van der Waals surface area contributed by atoms with E-state index in [0.717, 1.165) is 0 Å². The Balaban J connectivity index is 2.83. The van der Waals surface area contributed by atoms with Crippen molar-refractivity contribution in [3.05, 3.63) is 0 Å². The first-order valence-electron chi connectivity index (χ1n) is 4.44. The van der Waals surface area contributed by atoms with Crippen molar-refractivity contribution in [3.63, 3.8) is 0 Å². The lowest BCUT2D eigenvalue weighted by Gasteiger charge is -2.30. The molecule has 0 saturated heterocycles. The summed E-state index contributed by atoms with van der Waals surface area (Å²) < 4.78 is 0. The Bertz CT molecular complexity index is 246. The minimum absolute atomic E-state index is 0.00634. The predicted octanol–water partition coefficient (Wildman–Crippen LogP) is 1.26. The van der Waals surface area contributed by atoms with E-state index >= 15 is 0 Å². The van der Waals surface area contributed by atoms with E-state index in [0.29, 0.717) is 12.8 Å². The van der Waals surface area contributed by atoms with Gasteiger partial charge in [-0.1, -0.05) is 13.8 Å². The van der Waals surface area contributed by atoms with Crippen LogP contribution in [0.5, 0.6) is 0 Å². The Labute approximate surface area is 78.2 Å². The molecule has 0 bridgehead atoms. The molecule has 1 aliphatic carbocycles. The Morgan fingerprint density at radius 1 is 1.31 bits per heavy atom. The summed E-state index contributed by atoms with van der Waals surface area (Å²) in [7, 11) is 1.58. The lowest BCUT2D eigenvalue weighted by atomic mass is 9.72. The number of carbonyl (C=O) groups excluding carboxylic acids is 2. The highest BCUT2D eigenvalue weighted by Gasteiger charge is 2.38. The van der Waals surface area contributed by atoms with Gasteiger partial charge in [0.1, 0.15) is 17.5 Å². The standard InChI is InChI=1S/C10H15NO2/c1-10(2)4-8(12)7(6-11-3)9(13)5-10/h6-7H,4-5H2,1-3H3. The molecule has 3 nitrogen and oxygen atoms in total. The molecule has 0 atom stereocenters. The van der Waals surface area contributed by atoms with Crippen molar-refractivity contribution in [1.82, 2.24) is 0 Å². The molecule has 0 aromatic carbocycles. The van der Waals surface area contributed by atoms with Crippen molar-refractivity contribution in [3.8, 4) is 0 Å². The maximum Gasteiger partial charge on any atom is 0.149 e. The van der Waals surface area contributed by atoms with Crippen LogP contribution in [-0.2, 0) is 9.59 Å². The molecular formula is C10H15NO2. The summed E-state index contributed by atoms with van der Waals surface area (Å²) in [4.78, 5) is 26.7. The molecule has 0 amide bonds. The van der Waals surface area contributed by atoms with E-state index in [1.807, 2.05) is 13.8 Å². The number of Topliss-reactive ketones (excluding diaryl/α,β-unsaturated/α-hetero) is 2. The molecule has 0 unspecified atom stereocenters. The minimum Gasteiger partial charge on any atom is -0.300 e. The van der Waals surface area contributed by atoms with Crippen LogP contribution in [0.2, 0.25) is 0 Å². The van der Waals surface area contributed by atoms with E-state index in [9.17, 15) is 9.59 Å². The van der Waals surface area contributed by atoms with Gasteiger partial charge in [-0.2, -0.15) is 0 Å². The number of nitrogens with zero attached hydrogens (tertiary/aromatic N) is 1. The Hall–Kier alpha value is -0.990. The molecule has 0 spiro atoms. The van der Waals surface area contributed by atoms with Crippen molar-refractivity contribution < 1.29 is 9.59 Å². The largest absolute Gasteiger partial charge is 0.300 e. The molecule has 3 heteroatoms. The maximum atomic E-state index is 11.5. The van der Waals surface area contributed by atoms with Gasteiger partial charge in [0.05, 0.1) is 0 Å². The average molecular weight is 181 g/mol. The van der Waals surface area contributed by atoms with Gasteiger partial charge in [0.15, 0.2) is 0 Å². The molecule has 13 heavy (non-hydrogen) atoms. The van der Waals surface area contributed by atoms with E-state index in [2.05, 4.69) is 4.99 Å². The van der Waals surface area contributed by atoms with Crippen LogP contribution in [0.4, 0.5) is 0 Å². The highest BCUT2D eigenvalue weighted by Crippen LogP contribution is 2.33. The van der Waals surface area contributed by atoms with Gasteiger partial charge < -0.3 is 0 Å². The fourth-order valence-electron chi connectivity index (χ4n) is 1.72. The lowest BCUT2D eigenvalue weighted by Crippen LogP contribution is -2.38. The van der Waals surface area contributed by atoms with Crippen molar-refractivity contribution in [1.29, 1.82) is 0 Å². The smallest absolute Gasteiger partial charge is 0.149 e. The van der Waals surface area contributed by atoms with E-state index in [-0.39, 0.29) is 17.0 Å². The second-order valence-electron chi connectivity index (χ2n) is 4.34. The van der Waals surface area contributed by atoms with Crippen molar-refractivity contribution in [2.75, 3.05) is 7.05 Å². The molecule has 0 aromatic rings. The zero-order chi connectivity index (χ0) is 10.1. The predicted molar refractivity (Wildman–Crippen MR) is 50.9 cm³/mol. The van der Waals surface area contributed by atoms with Crippen LogP contribution in [0.1, 0.15) is 26.7 Å². The average Bonchev–Trinajstić information content (AvgIpc) is 1.94. The molecule has 0 N–H and O–H groups in total. The summed E-state index contributed by atoms with van der Waals surface area (Å²) in [6.45, 7) is 3.89. The molecule has 1 fully saturated rings. The van der Waals surface area contributed by atoms with Gasteiger partial charge in [0.25, 0.3) is 0 Å². The zero-order valence-electron chi connectivity index (χ0n) is 8.33. The molecule has 0 aliphatic heterocycles. The summed E-state index contributed by atoms with van der Waals surface area (Å²) in [5.41, 5.74) is -0.160. The summed E-state index contributed by atoms with van der Waals surface area (Å²) in [6.07, 6.45) is 2.42. The first-order valence-corrected chi connectivity index (χ1v) is 4.44. The van der Waals surface area contributed by atoms with Crippen molar-refractivity contribution in [2.45, 2.75) is 26.7 Å². The monoisotopic (exact) mass is 181 g/mol. The number of carbonyl (C=O) groups is 2. The number of hydrogen-bond acceptors (Lipinski definition) is 3. The Morgan fingerprint density at radius 3 is 2.15 bits per heavy atom. The fraction of sp³-hybridized carbons (Fsp3) is 0.700.